The third-order valence-electron chi connectivity index (χ3n) is 3.09. The van der Waals surface area contributed by atoms with E-state index < -0.39 is 5.97 Å². The smallest absolute Gasteiger partial charge is 0.337 e. The van der Waals surface area contributed by atoms with Crippen molar-refractivity contribution < 1.29 is 14.7 Å². The molecule has 0 saturated carbocycles. The van der Waals surface area contributed by atoms with E-state index in [1.807, 2.05) is 4.90 Å². The van der Waals surface area contributed by atoms with Gasteiger partial charge < -0.3 is 20.6 Å². The molecule has 1 aliphatic rings. The van der Waals surface area contributed by atoms with Crippen molar-refractivity contribution in [1.29, 1.82) is 0 Å². The number of likely N-dealkylation sites (N-methyl/N-ethyl adjacent to an activating group) is 1. The van der Waals surface area contributed by atoms with Crippen LogP contribution in [0.5, 0.6) is 0 Å². The number of nitrogens with two attached hydrogens (primary N) is 1. The van der Waals surface area contributed by atoms with E-state index in [9.17, 15) is 9.59 Å². The molecule has 2 rings (SSSR count). The fraction of sp³-hybridized carbons (Fsp3) is 0.333. The lowest BCUT2D eigenvalue weighted by Gasteiger charge is -2.33. The minimum atomic E-state index is -1.06. The second-order valence-electron chi connectivity index (χ2n) is 4.31. The van der Waals surface area contributed by atoms with Crippen LogP contribution in [-0.2, 0) is 4.79 Å². The molecule has 0 bridgehead atoms. The summed E-state index contributed by atoms with van der Waals surface area (Å²) in [7, 11) is 1.76. The Morgan fingerprint density at radius 3 is 2.72 bits per heavy atom. The SMILES string of the molecule is CN1CCN(c2ccc(N)c(C(=O)O)c2)CC1=O. The quantitative estimate of drug-likeness (QED) is 0.733. The first-order valence-corrected chi connectivity index (χ1v) is 5.61. The number of benzene rings is 1. The Kier molecular flexibility index (Phi) is 3.10. The average Bonchev–Trinajstić information content (AvgIpc) is 2.33. The van der Waals surface area contributed by atoms with Crippen molar-refractivity contribution in [3.63, 3.8) is 0 Å². The molecule has 0 radical (unpaired) electrons. The zero-order chi connectivity index (χ0) is 13.3. The van der Waals surface area contributed by atoms with Crippen LogP contribution in [0.25, 0.3) is 0 Å². The van der Waals surface area contributed by atoms with E-state index in [0.29, 0.717) is 18.8 Å². The molecule has 6 heteroatoms. The molecule has 1 saturated heterocycles. The molecule has 0 aromatic heterocycles. The molecule has 1 aromatic rings. The first-order chi connectivity index (χ1) is 8.49. The number of nitrogen functional groups attached to an aromatic ring is 1. The Hall–Kier alpha value is -2.24. The van der Waals surface area contributed by atoms with Gasteiger partial charge in [0.2, 0.25) is 5.91 Å². The molecule has 0 spiro atoms. The van der Waals surface area contributed by atoms with E-state index in [4.69, 9.17) is 10.8 Å². The van der Waals surface area contributed by atoms with Gasteiger partial charge in [-0.3, -0.25) is 4.79 Å². The number of amides is 1. The summed E-state index contributed by atoms with van der Waals surface area (Å²) in [5, 5.41) is 9.01. The highest BCUT2D eigenvalue weighted by molar-refractivity contribution is 5.95. The van der Waals surface area contributed by atoms with Crippen molar-refractivity contribution in [2.75, 3.05) is 37.3 Å². The van der Waals surface area contributed by atoms with Gasteiger partial charge in [0.05, 0.1) is 12.1 Å². The van der Waals surface area contributed by atoms with Gasteiger partial charge in [-0.05, 0) is 18.2 Å². The number of carbonyl (C=O) groups excluding carboxylic acids is 1. The molecule has 1 aliphatic heterocycles. The molecule has 0 atom stereocenters. The van der Waals surface area contributed by atoms with Crippen molar-refractivity contribution in [2.24, 2.45) is 0 Å². The Morgan fingerprint density at radius 2 is 2.11 bits per heavy atom. The minimum absolute atomic E-state index is 0.0231. The van der Waals surface area contributed by atoms with Crippen LogP contribution in [0, 0.1) is 0 Å². The molecule has 6 nitrogen and oxygen atoms in total. The van der Waals surface area contributed by atoms with Gasteiger partial charge >= 0.3 is 5.97 Å². The molecule has 1 heterocycles. The van der Waals surface area contributed by atoms with E-state index >= 15 is 0 Å². The molecule has 1 amide bonds. The number of aromatic carboxylic acids is 1. The Bertz CT molecular complexity index is 501. The predicted octanol–water partition coefficient (Wildman–Crippen LogP) is 0.245. The third-order valence-corrected chi connectivity index (χ3v) is 3.09. The highest BCUT2D eigenvalue weighted by atomic mass is 16.4. The molecule has 1 aromatic carbocycles. The van der Waals surface area contributed by atoms with E-state index in [2.05, 4.69) is 0 Å². The van der Waals surface area contributed by atoms with Crippen molar-refractivity contribution in [2.45, 2.75) is 0 Å². The van der Waals surface area contributed by atoms with Gasteiger partial charge in [0, 0.05) is 31.5 Å². The average molecular weight is 249 g/mol. The van der Waals surface area contributed by atoms with E-state index in [0.717, 1.165) is 0 Å². The van der Waals surface area contributed by atoms with Gasteiger partial charge in [-0.1, -0.05) is 0 Å². The Labute approximate surface area is 105 Å². The van der Waals surface area contributed by atoms with Gasteiger partial charge in [0.15, 0.2) is 0 Å². The number of rotatable bonds is 2. The molecular weight excluding hydrogens is 234 g/mol. The number of hydrogen-bond acceptors (Lipinski definition) is 4. The van der Waals surface area contributed by atoms with Crippen LogP contribution in [0.1, 0.15) is 10.4 Å². The van der Waals surface area contributed by atoms with Gasteiger partial charge in [-0.15, -0.1) is 0 Å². The molecule has 0 aliphatic carbocycles. The summed E-state index contributed by atoms with van der Waals surface area (Å²) in [4.78, 5) is 26.1. The largest absolute Gasteiger partial charge is 0.478 e. The predicted molar refractivity (Wildman–Crippen MR) is 67.7 cm³/mol. The second-order valence-corrected chi connectivity index (χ2v) is 4.31. The van der Waals surface area contributed by atoms with Gasteiger partial charge in [-0.25, -0.2) is 4.79 Å². The minimum Gasteiger partial charge on any atom is -0.478 e. The molecular formula is C12H15N3O3. The van der Waals surface area contributed by atoms with Crippen LogP contribution in [0.4, 0.5) is 11.4 Å². The molecule has 3 N–H and O–H groups in total. The molecule has 0 unspecified atom stereocenters. The maximum Gasteiger partial charge on any atom is 0.337 e. The normalized spacial score (nSPS) is 15.9. The molecule has 1 fully saturated rings. The number of piperazine rings is 1. The van der Waals surface area contributed by atoms with Crippen LogP contribution < -0.4 is 10.6 Å². The molecule has 96 valence electrons. The maximum atomic E-state index is 11.6. The lowest BCUT2D eigenvalue weighted by Crippen LogP contribution is -2.48. The van der Waals surface area contributed by atoms with Crippen molar-refractivity contribution in [1.82, 2.24) is 4.90 Å². The van der Waals surface area contributed by atoms with Crippen LogP contribution in [0.2, 0.25) is 0 Å². The second kappa shape index (κ2) is 4.56. The van der Waals surface area contributed by atoms with Gasteiger partial charge in [0.25, 0.3) is 0 Å². The number of nitrogens with zero attached hydrogens (tertiary/aromatic N) is 2. The fourth-order valence-electron chi connectivity index (χ4n) is 1.91. The summed E-state index contributed by atoms with van der Waals surface area (Å²) in [5.74, 6) is -1.04. The molecule has 18 heavy (non-hydrogen) atoms. The summed E-state index contributed by atoms with van der Waals surface area (Å²) >= 11 is 0. The first-order valence-electron chi connectivity index (χ1n) is 5.61. The van der Waals surface area contributed by atoms with Crippen LogP contribution in [0.3, 0.4) is 0 Å². The summed E-state index contributed by atoms with van der Waals surface area (Å²) in [6, 6.07) is 4.80. The first kappa shape index (κ1) is 12.2. The Morgan fingerprint density at radius 1 is 1.39 bits per heavy atom. The summed E-state index contributed by atoms with van der Waals surface area (Å²) in [5.41, 5.74) is 6.60. The highest BCUT2D eigenvalue weighted by Crippen LogP contribution is 2.22. The highest BCUT2D eigenvalue weighted by Gasteiger charge is 2.22. The van der Waals surface area contributed by atoms with E-state index in [1.54, 1.807) is 24.1 Å². The number of carboxylic acids is 1. The third kappa shape index (κ3) is 2.22. The number of hydrogen-bond donors (Lipinski definition) is 2. The number of carboxylic acid groups (broad SMARTS) is 1. The monoisotopic (exact) mass is 249 g/mol. The van der Waals surface area contributed by atoms with Crippen LogP contribution in [-0.4, -0.2) is 48.6 Å². The zero-order valence-electron chi connectivity index (χ0n) is 10.1. The number of anilines is 2. The van der Waals surface area contributed by atoms with Gasteiger partial charge in [-0.2, -0.15) is 0 Å². The van der Waals surface area contributed by atoms with E-state index in [-0.39, 0.29) is 23.7 Å². The van der Waals surface area contributed by atoms with E-state index in [1.165, 1.54) is 6.07 Å². The van der Waals surface area contributed by atoms with Crippen LogP contribution >= 0.6 is 0 Å². The fourth-order valence-corrected chi connectivity index (χ4v) is 1.91. The lowest BCUT2D eigenvalue weighted by atomic mass is 10.1. The van der Waals surface area contributed by atoms with Gasteiger partial charge in [0.1, 0.15) is 0 Å². The number of carbonyl (C=O) groups is 2. The zero-order valence-corrected chi connectivity index (χ0v) is 10.1. The van der Waals surface area contributed by atoms with Crippen molar-refractivity contribution in [3.05, 3.63) is 23.8 Å². The Balaban J connectivity index is 2.26. The topological polar surface area (TPSA) is 86.9 Å². The summed E-state index contributed by atoms with van der Waals surface area (Å²) in [6.07, 6.45) is 0. The van der Waals surface area contributed by atoms with Crippen LogP contribution in [0.15, 0.2) is 18.2 Å². The van der Waals surface area contributed by atoms with Crippen molar-refractivity contribution in [3.8, 4) is 0 Å². The maximum absolute atomic E-state index is 11.6. The van der Waals surface area contributed by atoms with Crippen molar-refractivity contribution >= 4 is 23.3 Å². The standard InChI is InChI=1S/C12H15N3O3/c1-14-4-5-15(7-11(14)16)8-2-3-10(13)9(6-8)12(17)18/h2-3,6H,4-5,7,13H2,1H3,(H,17,18). The lowest BCUT2D eigenvalue weighted by molar-refractivity contribution is -0.129. The summed E-state index contributed by atoms with van der Waals surface area (Å²) < 4.78 is 0. The summed E-state index contributed by atoms with van der Waals surface area (Å²) in [6.45, 7) is 1.58.